The summed E-state index contributed by atoms with van der Waals surface area (Å²) in [6.07, 6.45) is 2.31. The fourth-order valence-electron chi connectivity index (χ4n) is 1.65. The summed E-state index contributed by atoms with van der Waals surface area (Å²) < 4.78 is 9.89. The minimum absolute atomic E-state index is 0.0480. The lowest BCUT2D eigenvalue weighted by atomic mass is 9.80. The first-order valence-electron chi connectivity index (χ1n) is 6.21. The zero-order valence-electron chi connectivity index (χ0n) is 11.4. The number of esters is 2. The Hall–Kier alpha value is -1.87. The molecule has 0 aliphatic heterocycles. The van der Waals surface area contributed by atoms with E-state index in [-0.39, 0.29) is 32.5 Å². The van der Waals surface area contributed by atoms with E-state index in [1.807, 2.05) is 0 Å². The molecule has 0 fully saturated rings. The molecule has 0 aromatic carbocycles. The Labute approximate surface area is 113 Å². The minimum Gasteiger partial charge on any atom is -0.465 e. The fraction of sp³-hybridized carbons (Fsp3) is 0.571. The van der Waals surface area contributed by atoms with Crippen LogP contribution in [0.3, 0.4) is 0 Å². The topological polar surface area (TPSA) is 69.7 Å². The number of hydrogen-bond acceptors (Lipinski definition) is 5. The molecule has 0 amide bonds. The van der Waals surface area contributed by atoms with Crippen molar-refractivity contribution in [3.63, 3.8) is 0 Å². The van der Waals surface area contributed by atoms with Crippen molar-refractivity contribution in [2.75, 3.05) is 13.2 Å². The molecule has 0 aliphatic carbocycles. The van der Waals surface area contributed by atoms with Gasteiger partial charge in [-0.05, 0) is 32.8 Å². The normalized spacial score (nSPS) is 10.2. The third kappa shape index (κ3) is 4.72. The van der Waals surface area contributed by atoms with E-state index < -0.39 is 17.4 Å². The molecule has 0 aromatic rings. The van der Waals surface area contributed by atoms with Crippen LogP contribution in [0.1, 0.15) is 33.1 Å². The second-order valence-electron chi connectivity index (χ2n) is 3.84. The largest absolute Gasteiger partial charge is 0.465 e. The molecule has 0 unspecified atom stereocenters. The van der Waals surface area contributed by atoms with Crippen molar-refractivity contribution in [1.82, 2.24) is 0 Å². The van der Waals surface area contributed by atoms with E-state index >= 15 is 0 Å². The number of aldehydes is 1. The molecule has 0 heterocycles. The van der Waals surface area contributed by atoms with E-state index in [2.05, 4.69) is 12.3 Å². The smallest absolute Gasteiger partial charge is 0.323 e. The SMILES string of the molecule is C=C=CCC(CCC=O)(C(=O)OCC)C(=O)OCC. The van der Waals surface area contributed by atoms with E-state index in [9.17, 15) is 14.4 Å². The Morgan fingerprint density at radius 3 is 2.11 bits per heavy atom. The van der Waals surface area contributed by atoms with Crippen molar-refractivity contribution in [1.29, 1.82) is 0 Å². The second kappa shape index (κ2) is 9.11. The summed E-state index contributed by atoms with van der Waals surface area (Å²) in [6.45, 7) is 7.00. The van der Waals surface area contributed by atoms with Gasteiger partial charge in [0.15, 0.2) is 5.41 Å². The lowest BCUT2D eigenvalue weighted by Crippen LogP contribution is -2.42. The average molecular weight is 268 g/mol. The predicted octanol–water partition coefficient (Wildman–Crippen LogP) is 1.81. The molecule has 0 rings (SSSR count). The van der Waals surface area contributed by atoms with Crippen molar-refractivity contribution < 1.29 is 23.9 Å². The van der Waals surface area contributed by atoms with Crippen molar-refractivity contribution in [2.45, 2.75) is 33.1 Å². The number of carbonyl (C=O) groups excluding carboxylic acids is 3. The van der Waals surface area contributed by atoms with Gasteiger partial charge in [0.2, 0.25) is 0 Å². The van der Waals surface area contributed by atoms with Crippen LogP contribution in [0.5, 0.6) is 0 Å². The Balaban J connectivity index is 5.39. The summed E-state index contributed by atoms with van der Waals surface area (Å²) in [5, 5.41) is 0. The molecule has 5 nitrogen and oxygen atoms in total. The van der Waals surface area contributed by atoms with Crippen LogP contribution < -0.4 is 0 Å². The van der Waals surface area contributed by atoms with Gasteiger partial charge >= 0.3 is 11.9 Å². The van der Waals surface area contributed by atoms with Gasteiger partial charge in [0.25, 0.3) is 0 Å². The van der Waals surface area contributed by atoms with Crippen LogP contribution >= 0.6 is 0 Å². The zero-order chi connectivity index (χ0) is 14.7. The van der Waals surface area contributed by atoms with Gasteiger partial charge in [-0.25, -0.2) is 0 Å². The van der Waals surface area contributed by atoms with Crippen LogP contribution in [0.25, 0.3) is 0 Å². The lowest BCUT2D eigenvalue weighted by Gasteiger charge is -2.27. The lowest BCUT2D eigenvalue weighted by molar-refractivity contribution is -0.172. The first-order valence-corrected chi connectivity index (χ1v) is 6.21. The van der Waals surface area contributed by atoms with Crippen molar-refractivity contribution in [2.24, 2.45) is 5.41 Å². The molecular weight excluding hydrogens is 248 g/mol. The molecule has 19 heavy (non-hydrogen) atoms. The van der Waals surface area contributed by atoms with E-state index in [0.29, 0.717) is 6.29 Å². The minimum atomic E-state index is -1.49. The number of rotatable bonds is 9. The van der Waals surface area contributed by atoms with Crippen LogP contribution in [0, 0.1) is 5.41 Å². The highest BCUT2D eigenvalue weighted by Crippen LogP contribution is 2.32. The van der Waals surface area contributed by atoms with Gasteiger partial charge in [0, 0.05) is 6.42 Å². The molecule has 106 valence electrons. The maximum absolute atomic E-state index is 12.1. The van der Waals surface area contributed by atoms with Gasteiger partial charge in [0.05, 0.1) is 13.2 Å². The Bertz CT molecular complexity index is 348. The van der Waals surface area contributed by atoms with Gasteiger partial charge in [-0.3, -0.25) is 9.59 Å². The van der Waals surface area contributed by atoms with Crippen molar-refractivity contribution >= 4 is 18.2 Å². The third-order valence-corrected chi connectivity index (χ3v) is 2.62. The molecule has 0 aromatic heterocycles. The summed E-state index contributed by atoms with van der Waals surface area (Å²) >= 11 is 0. The van der Waals surface area contributed by atoms with E-state index in [1.54, 1.807) is 13.8 Å². The number of allylic oxidation sites excluding steroid dienone is 1. The molecule has 0 aliphatic rings. The monoisotopic (exact) mass is 268 g/mol. The van der Waals surface area contributed by atoms with E-state index in [0.717, 1.165) is 0 Å². The quantitative estimate of drug-likeness (QED) is 0.276. The third-order valence-electron chi connectivity index (χ3n) is 2.62. The molecule has 0 spiro atoms. The Kier molecular flexibility index (Phi) is 8.22. The van der Waals surface area contributed by atoms with Gasteiger partial charge in [-0.15, -0.1) is 5.73 Å². The molecule has 0 N–H and O–H groups in total. The number of hydrogen-bond donors (Lipinski definition) is 0. The average Bonchev–Trinajstić information content (AvgIpc) is 2.40. The molecule has 0 bridgehead atoms. The summed E-state index contributed by atoms with van der Waals surface area (Å²) in [4.78, 5) is 34.7. The number of carbonyl (C=O) groups is 3. The Morgan fingerprint density at radius 2 is 1.74 bits per heavy atom. The first-order chi connectivity index (χ1) is 9.08. The first kappa shape index (κ1) is 17.1. The highest BCUT2D eigenvalue weighted by atomic mass is 16.6. The van der Waals surface area contributed by atoms with Crippen LogP contribution in [0.2, 0.25) is 0 Å². The molecule has 0 saturated heterocycles. The van der Waals surface area contributed by atoms with Gasteiger partial charge in [-0.2, -0.15) is 0 Å². The maximum atomic E-state index is 12.1. The molecule has 0 radical (unpaired) electrons. The van der Waals surface area contributed by atoms with E-state index in [1.165, 1.54) is 6.08 Å². The Morgan fingerprint density at radius 1 is 1.21 bits per heavy atom. The van der Waals surface area contributed by atoms with Crippen molar-refractivity contribution in [3.8, 4) is 0 Å². The van der Waals surface area contributed by atoms with Crippen LogP contribution in [0.15, 0.2) is 18.4 Å². The predicted molar refractivity (Wildman–Crippen MR) is 69.3 cm³/mol. The summed E-state index contributed by atoms with van der Waals surface area (Å²) in [5.41, 5.74) is 1.03. The van der Waals surface area contributed by atoms with Gasteiger partial charge in [0.1, 0.15) is 6.29 Å². The maximum Gasteiger partial charge on any atom is 0.323 e. The van der Waals surface area contributed by atoms with Gasteiger partial charge in [-0.1, -0.05) is 6.58 Å². The van der Waals surface area contributed by atoms with Crippen LogP contribution in [0.4, 0.5) is 0 Å². The van der Waals surface area contributed by atoms with Crippen LogP contribution in [-0.4, -0.2) is 31.4 Å². The van der Waals surface area contributed by atoms with E-state index in [4.69, 9.17) is 9.47 Å². The van der Waals surface area contributed by atoms with Gasteiger partial charge < -0.3 is 14.3 Å². The molecular formula is C14H20O5. The zero-order valence-corrected chi connectivity index (χ0v) is 11.4. The standard InChI is InChI=1S/C14H20O5/c1-4-7-9-14(10-8-11-15,12(16)18-5-2)13(17)19-6-3/h7,11H,1,5-6,8-10H2,2-3H3. The second-order valence-corrected chi connectivity index (χ2v) is 3.84. The molecule has 0 saturated carbocycles. The van der Waals surface area contributed by atoms with Crippen molar-refractivity contribution in [3.05, 3.63) is 18.4 Å². The number of ether oxygens (including phenoxy) is 2. The molecule has 5 heteroatoms. The highest BCUT2D eigenvalue weighted by molar-refractivity contribution is 6.00. The molecule has 0 atom stereocenters. The summed E-state index contributed by atoms with van der Waals surface area (Å²) in [7, 11) is 0. The highest BCUT2D eigenvalue weighted by Gasteiger charge is 2.47. The summed E-state index contributed by atoms with van der Waals surface area (Å²) in [5.74, 6) is -1.36. The fourth-order valence-corrected chi connectivity index (χ4v) is 1.65. The summed E-state index contributed by atoms with van der Waals surface area (Å²) in [6, 6.07) is 0. The van der Waals surface area contributed by atoms with Crippen LogP contribution in [-0.2, 0) is 23.9 Å².